The lowest BCUT2D eigenvalue weighted by atomic mass is 10.0. The molecule has 208 valence electrons. The molecule has 4 rings (SSSR count). The Labute approximate surface area is 234 Å². The first-order chi connectivity index (χ1) is 19.4. The van der Waals surface area contributed by atoms with Crippen molar-refractivity contribution < 1.29 is 27.1 Å². The second-order valence-corrected chi connectivity index (χ2v) is 9.82. The number of carbonyl (C=O) groups excluding carboxylic acids is 1. The number of nitrogens with zero attached hydrogens (tertiary/aromatic N) is 3. The monoisotopic (exact) mass is 564 g/mol. The van der Waals surface area contributed by atoms with Crippen LogP contribution in [0.2, 0.25) is 0 Å². The lowest BCUT2D eigenvalue weighted by molar-refractivity contribution is 0.0964. The van der Waals surface area contributed by atoms with E-state index in [-0.39, 0.29) is 29.4 Å². The molecule has 0 radical (unpaired) electrons. The van der Waals surface area contributed by atoms with Gasteiger partial charge < -0.3 is 14.5 Å². The Morgan fingerprint density at radius 1 is 1.20 bits per heavy atom. The summed E-state index contributed by atoms with van der Waals surface area (Å²) in [7, 11) is 1.50. The number of para-hydroxylation sites is 1. The van der Waals surface area contributed by atoms with Crippen LogP contribution in [0.15, 0.2) is 59.0 Å². The van der Waals surface area contributed by atoms with E-state index >= 15 is 0 Å². The van der Waals surface area contributed by atoms with E-state index in [1.54, 1.807) is 30.3 Å². The van der Waals surface area contributed by atoms with Gasteiger partial charge in [0.25, 0.3) is 17.2 Å². The fraction of sp³-hybridized carbons (Fsp3) is 0.276. The summed E-state index contributed by atoms with van der Waals surface area (Å²) >= 11 is -2.36. The molecule has 4 aromatic rings. The van der Waals surface area contributed by atoms with Gasteiger partial charge in [0.05, 0.1) is 23.1 Å². The third kappa shape index (κ3) is 6.30. The minimum atomic E-state index is -2.36. The summed E-state index contributed by atoms with van der Waals surface area (Å²) < 4.78 is 49.0. The maximum absolute atomic E-state index is 13.5. The first-order valence-corrected chi connectivity index (χ1v) is 13.9. The first-order valence-electron chi connectivity index (χ1n) is 12.8. The number of aryl methyl sites for hydroxylation is 1. The van der Waals surface area contributed by atoms with E-state index in [0.717, 1.165) is 0 Å². The molecule has 0 aliphatic carbocycles. The standard InChI is InChI=1S/C29H29FN4O5S/c1-3-19-17-23-25(28(35)32-2)26(20-11-13-22(30)14-12-20)39-29(23)33-27(19)34(40(36)37)15-7-4-8-16-38-24-10-6-5-9-21(24)18-31/h5-6,9-14,17H,3-4,7-8,15-16H2,1-2H3,(H,32,35)(H,36,37). The summed E-state index contributed by atoms with van der Waals surface area (Å²) in [6, 6.07) is 16.4. The minimum Gasteiger partial charge on any atom is -0.492 e. The number of amides is 1. The van der Waals surface area contributed by atoms with Crippen LogP contribution in [0.1, 0.15) is 47.7 Å². The molecule has 2 N–H and O–H groups in total. The van der Waals surface area contributed by atoms with Crippen molar-refractivity contribution in [3.8, 4) is 23.1 Å². The maximum atomic E-state index is 13.5. The number of furan rings is 1. The predicted octanol–water partition coefficient (Wildman–Crippen LogP) is 5.62. The highest BCUT2D eigenvalue weighted by molar-refractivity contribution is 7.80. The van der Waals surface area contributed by atoms with E-state index in [2.05, 4.69) is 16.4 Å². The van der Waals surface area contributed by atoms with Crippen LogP contribution in [0.4, 0.5) is 10.2 Å². The predicted molar refractivity (Wildman–Crippen MR) is 151 cm³/mol. The largest absolute Gasteiger partial charge is 0.492 e. The van der Waals surface area contributed by atoms with E-state index in [1.807, 2.05) is 6.92 Å². The van der Waals surface area contributed by atoms with Crippen molar-refractivity contribution >= 4 is 34.1 Å². The quantitative estimate of drug-likeness (QED) is 0.169. The van der Waals surface area contributed by atoms with Crippen LogP contribution in [0.5, 0.6) is 5.75 Å². The van der Waals surface area contributed by atoms with Gasteiger partial charge in [0, 0.05) is 19.2 Å². The van der Waals surface area contributed by atoms with Crippen molar-refractivity contribution in [3.63, 3.8) is 0 Å². The molecule has 1 atom stereocenters. The minimum absolute atomic E-state index is 0.130. The van der Waals surface area contributed by atoms with E-state index in [9.17, 15) is 23.2 Å². The number of aromatic nitrogens is 1. The average Bonchev–Trinajstić information content (AvgIpc) is 3.34. The van der Waals surface area contributed by atoms with Crippen LogP contribution in [0.3, 0.4) is 0 Å². The molecule has 9 nitrogen and oxygen atoms in total. The van der Waals surface area contributed by atoms with Gasteiger partial charge in [-0.2, -0.15) is 10.2 Å². The molecule has 1 unspecified atom stereocenters. The third-order valence-corrected chi connectivity index (χ3v) is 7.11. The average molecular weight is 565 g/mol. The van der Waals surface area contributed by atoms with Gasteiger partial charge in [-0.3, -0.25) is 13.7 Å². The van der Waals surface area contributed by atoms with Crippen LogP contribution < -0.4 is 14.4 Å². The van der Waals surface area contributed by atoms with Gasteiger partial charge in [-0.15, -0.1) is 0 Å². The van der Waals surface area contributed by atoms with Crippen LogP contribution >= 0.6 is 0 Å². The van der Waals surface area contributed by atoms with Gasteiger partial charge in [-0.25, -0.2) is 8.60 Å². The van der Waals surface area contributed by atoms with Crippen molar-refractivity contribution in [1.82, 2.24) is 10.3 Å². The number of halogens is 1. The molecule has 2 aromatic carbocycles. The lowest BCUT2D eigenvalue weighted by Crippen LogP contribution is -2.28. The molecular formula is C29H29FN4O5S. The second-order valence-electron chi connectivity index (χ2n) is 8.92. The number of anilines is 1. The van der Waals surface area contributed by atoms with Crippen LogP contribution in [0.25, 0.3) is 22.4 Å². The fourth-order valence-corrected chi connectivity index (χ4v) is 4.94. The Hall–Kier alpha value is -4.27. The van der Waals surface area contributed by atoms with Crippen molar-refractivity contribution in [1.29, 1.82) is 5.26 Å². The topological polar surface area (TPSA) is 129 Å². The number of unbranched alkanes of at least 4 members (excludes halogenated alkanes) is 2. The van der Waals surface area contributed by atoms with E-state index in [1.165, 1.54) is 35.6 Å². The highest BCUT2D eigenvalue weighted by Gasteiger charge is 2.26. The molecule has 11 heteroatoms. The zero-order valence-corrected chi connectivity index (χ0v) is 23.0. The molecule has 0 aliphatic rings. The van der Waals surface area contributed by atoms with Crippen molar-refractivity contribution in [3.05, 3.63) is 77.1 Å². The molecule has 0 saturated carbocycles. The molecule has 2 heterocycles. The molecule has 0 fully saturated rings. The summed E-state index contributed by atoms with van der Waals surface area (Å²) in [6.45, 7) is 2.55. The first kappa shape index (κ1) is 28.7. The number of carbonyl (C=O) groups is 1. The number of fused-ring (bicyclic) bond motifs is 1. The van der Waals surface area contributed by atoms with Crippen molar-refractivity contribution in [2.45, 2.75) is 32.6 Å². The van der Waals surface area contributed by atoms with Gasteiger partial charge >= 0.3 is 0 Å². The van der Waals surface area contributed by atoms with Gasteiger partial charge in [-0.1, -0.05) is 19.1 Å². The fourth-order valence-electron chi connectivity index (χ4n) is 4.35. The molecular weight excluding hydrogens is 535 g/mol. The Morgan fingerprint density at radius 3 is 2.62 bits per heavy atom. The summed E-state index contributed by atoms with van der Waals surface area (Å²) in [4.78, 5) is 17.4. The van der Waals surface area contributed by atoms with Gasteiger partial charge in [0.1, 0.15) is 29.2 Å². The molecule has 0 spiro atoms. The van der Waals surface area contributed by atoms with Crippen LogP contribution in [0, 0.1) is 17.1 Å². The number of hydrogen-bond acceptors (Lipinski definition) is 6. The number of rotatable bonds is 12. The third-order valence-electron chi connectivity index (χ3n) is 6.38. The van der Waals surface area contributed by atoms with Crippen molar-refractivity contribution in [2.75, 3.05) is 24.5 Å². The number of benzene rings is 2. The van der Waals surface area contributed by atoms with Gasteiger partial charge in [0.15, 0.2) is 0 Å². The Morgan fingerprint density at radius 2 is 1.95 bits per heavy atom. The maximum Gasteiger partial charge on any atom is 0.263 e. The molecule has 40 heavy (non-hydrogen) atoms. The van der Waals surface area contributed by atoms with Crippen molar-refractivity contribution in [2.24, 2.45) is 0 Å². The molecule has 2 aromatic heterocycles. The lowest BCUT2D eigenvalue weighted by Gasteiger charge is -2.21. The highest BCUT2D eigenvalue weighted by atomic mass is 32.2. The highest BCUT2D eigenvalue weighted by Crippen LogP contribution is 2.36. The zero-order chi connectivity index (χ0) is 28.6. The number of pyridine rings is 1. The summed E-state index contributed by atoms with van der Waals surface area (Å²) in [5.41, 5.74) is 2.03. The smallest absolute Gasteiger partial charge is 0.263 e. The molecule has 0 aliphatic heterocycles. The Bertz CT molecular complexity index is 1570. The number of ether oxygens (including phenoxy) is 1. The van der Waals surface area contributed by atoms with E-state index in [4.69, 9.17) is 9.15 Å². The summed E-state index contributed by atoms with van der Waals surface area (Å²) in [5.74, 6) is 0.239. The number of nitriles is 1. The number of nitrogens with one attached hydrogen (secondary N) is 1. The second kappa shape index (κ2) is 13.2. The SMILES string of the molecule is CCc1cc2c(C(=O)NC)c(-c3ccc(F)cc3)oc2nc1N(CCCCCOc1ccccc1C#N)S(=O)O. The van der Waals surface area contributed by atoms with Gasteiger partial charge in [-0.05, 0) is 73.7 Å². The normalized spacial score (nSPS) is 11.7. The molecule has 1 amide bonds. The zero-order valence-electron chi connectivity index (χ0n) is 22.1. The Balaban J connectivity index is 1.55. The summed E-state index contributed by atoms with van der Waals surface area (Å²) in [6.07, 6.45) is 2.47. The molecule has 0 bridgehead atoms. The van der Waals surface area contributed by atoms with Crippen LogP contribution in [-0.2, 0) is 17.7 Å². The van der Waals surface area contributed by atoms with Crippen LogP contribution in [-0.4, -0.2) is 39.9 Å². The van der Waals surface area contributed by atoms with E-state index < -0.39 is 23.0 Å². The summed E-state index contributed by atoms with van der Waals surface area (Å²) in [5, 5.41) is 12.2. The number of hydrogen-bond donors (Lipinski definition) is 2. The van der Waals surface area contributed by atoms with Gasteiger partial charge in [0.2, 0.25) is 5.71 Å². The Kier molecular flexibility index (Phi) is 9.47. The molecule has 0 saturated heterocycles. The van der Waals surface area contributed by atoms with E-state index in [0.29, 0.717) is 60.1 Å².